The van der Waals surface area contributed by atoms with Gasteiger partial charge in [0.15, 0.2) is 0 Å². The molecular weight excluding hydrogens is 216 g/mol. The third-order valence-electron chi connectivity index (χ3n) is 2.27. The first-order valence-electron chi connectivity index (χ1n) is 5.64. The molecular formula is C13H20N2S. The highest BCUT2D eigenvalue weighted by Gasteiger charge is 2.01. The lowest BCUT2D eigenvalue weighted by molar-refractivity contribution is 0.567. The van der Waals surface area contributed by atoms with Gasteiger partial charge in [0.25, 0.3) is 0 Å². The van der Waals surface area contributed by atoms with Crippen LogP contribution in [0.1, 0.15) is 12.5 Å². The number of nitrogens with one attached hydrogen (secondary N) is 1. The van der Waals surface area contributed by atoms with E-state index in [0.29, 0.717) is 6.04 Å². The maximum Gasteiger partial charge on any atom is 0.0270 e. The van der Waals surface area contributed by atoms with Crippen molar-refractivity contribution in [3.63, 3.8) is 0 Å². The van der Waals surface area contributed by atoms with Crippen LogP contribution in [-0.4, -0.2) is 29.1 Å². The fourth-order valence-electron chi connectivity index (χ4n) is 1.49. The van der Waals surface area contributed by atoms with E-state index < -0.39 is 0 Å². The number of pyridine rings is 1. The number of nitrogens with zero attached hydrogens (tertiary/aromatic N) is 1. The van der Waals surface area contributed by atoms with Gasteiger partial charge in [-0.05, 0) is 31.0 Å². The SMILES string of the molecule is C=CCSCCNC(C)Cc1ccncc1. The third-order valence-corrected chi connectivity index (χ3v) is 3.23. The third kappa shape index (κ3) is 5.93. The van der Waals surface area contributed by atoms with Crippen molar-refractivity contribution in [3.05, 3.63) is 42.7 Å². The van der Waals surface area contributed by atoms with E-state index in [1.807, 2.05) is 30.2 Å². The zero-order chi connectivity index (χ0) is 11.6. The van der Waals surface area contributed by atoms with Gasteiger partial charge >= 0.3 is 0 Å². The Bertz CT molecular complexity index is 287. The molecule has 1 heterocycles. The monoisotopic (exact) mass is 236 g/mol. The van der Waals surface area contributed by atoms with Crippen LogP contribution in [0.3, 0.4) is 0 Å². The second kappa shape index (κ2) is 8.36. The van der Waals surface area contributed by atoms with Crippen molar-refractivity contribution in [2.24, 2.45) is 0 Å². The highest BCUT2D eigenvalue weighted by atomic mass is 32.2. The van der Waals surface area contributed by atoms with Crippen molar-refractivity contribution >= 4 is 11.8 Å². The van der Waals surface area contributed by atoms with Crippen LogP contribution in [0, 0.1) is 0 Å². The van der Waals surface area contributed by atoms with E-state index in [1.165, 1.54) is 5.56 Å². The van der Waals surface area contributed by atoms with E-state index >= 15 is 0 Å². The molecule has 16 heavy (non-hydrogen) atoms. The maximum absolute atomic E-state index is 4.02. The first-order valence-corrected chi connectivity index (χ1v) is 6.79. The van der Waals surface area contributed by atoms with Gasteiger partial charge in [0.05, 0.1) is 0 Å². The van der Waals surface area contributed by atoms with Crippen molar-refractivity contribution in [2.45, 2.75) is 19.4 Å². The Labute approximate surface area is 103 Å². The molecule has 0 fully saturated rings. The molecule has 0 aromatic carbocycles. The zero-order valence-electron chi connectivity index (χ0n) is 9.86. The van der Waals surface area contributed by atoms with Crippen molar-refractivity contribution in [2.75, 3.05) is 18.1 Å². The van der Waals surface area contributed by atoms with Gasteiger partial charge in [-0.15, -0.1) is 6.58 Å². The number of thioether (sulfide) groups is 1. The van der Waals surface area contributed by atoms with E-state index in [1.54, 1.807) is 0 Å². The number of aromatic nitrogens is 1. The highest BCUT2D eigenvalue weighted by molar-refractivity contribution is 7.99. The molecule has 1 aromatic heterocycles. The van der Waals surface area contributed by atoms with Crippen molar-refractivity contribution in [3.8, 4) is 0 Å². The Kier molecular flexibility index (Phi) is 6.93. The topological polar surface area (TPSA) is 24.9 Å². The van der Waals surface area contributed by atoms with Gasteiger partial charge in [-0.2, -0.15) is 11.8 Å². The molecule has 0 amide bonds. The van der Waals surface area contributed by atoms with E-state index in [4.69, 9.17) is 0 Å². The lowest BCUT2D eigenvalue weighted by atomic mass is 10.1. The number of hydrogen-bond donors (Lipinski definition) is 1. The molecule has 88 valence electrons. The molecule has 3 heteroatoms. The molecule has 0 spiro atoms. The summed E-state index contributed by atoms with van der Waals surface area (Å²) in [4.78, 5) is 4.02. The van der Waals surface area contributed by atoms with Crippen molar-refractivity contribution in [1.82, 2.24) is 10.3 Å². The molecule has 2 nitrogen and oxygen atoms in total. The molecule has 1 rings (SSSR count). The fraction of sp³-hybridized carbons (Fsp3) is 0.462. The van der Waals surface area contributed by atoms with E-state index in [-0.39, 0.29) is 0 Å². The molecule has 0 aliphatic rings. The van der Waals surface area contributed by atoms with Gasteiger partial charge in [-0.1, -0.05) is 6.08 Å². The summed E-state index contributed by atoms with van der Waals surface area (Å²) in [6.45, 7) is 6.98. The first kappa shape index (κ1) is 13.3. The molecule has 0 radical (unpaired) electrons. The Morgan fingerprint density at radius 2 is 2.25 bits per heavy atom. The lowest BCUT2D eigenvalue weighted by Gasteiger charge is -2.13. The molecule has 1 N–H and O–H groups in total. The van der Waals surface area contributed by atoms with Crippen LogP contribution in [0.25, 0.3) is 0 Å². The standard InChI is InChI=1S/C13H20N2S/c1-3-9-16-10-8-15-12(2)11-13-4-6-14-7-5-13/h3-7,12,15H,1,8-11H2,2H3. The number of hydrogen-bond acceptors (Lipinski definition) is 3. The molecule has 0 saturated carbocycles. The first-order chi connectivity index (χ1) is 7.83. The maximum atomic E-state index is 4.02. The summed E-state index contributed by atoms with van der Waals surface area (Å²) < 4.78 is 0. The zero-order valence-corrected chi connectivity index (χ0v) is 10.7. The lowest BCUT2D eigenvalue weighted by Crippen LogP contribution is -2.30. The van der Waals surface area contributed by atoms with Crippen LogP contribution in [-0.2, 0) is 6.42 Å². The van der Waals surface area contributed by atoms with Gasteiger partial charge in [-0.25, -0.2) is 0 Å². The van der Waals surface area contributed by atoms with E-state index in [2.05, 4.69) is 35.9 Å². The van der Waals surface area contributed by atoms with Gasteiger partial charge in [-0.3, -0.25) is 4.98 Å². The van der Waals surface area contributed by atoms with Gasteiger partial charge in [0, 0.05) is 36.5 Å². The quantitative estimate of drug-likeness (QED) is 0.554. The molecule has 1 atom stereocenters. The van der Waals surface area contributed by atoms with Crippen LogP contribution < -0.4 is 5.32 Å². The second-order valence-electron chi connectivity index (χ2n) is 3.78. The molecule has 0 bridgehead atoms. The van der Waals surface area contributed by atoms with E-state index in [0.717, 1.165) is 24.5 Å². The van der Waals surface area contributed by atoms with Crippen LogP contribution in [0.15, 0.2) is 37.2 Å². The van der Waals surface area contributed by atoms with Gasteiger partial charge in [0.1, 0.15) is 0 Å². The predicted octanol–water partition coefficient (Wildman–Crippen LogP) is 2.52. The molecule has 0 aliphatic heterocycles. The summed E-state index contributed by atoms with van der Waals surface area (Å²) in [6, 6.07) is 4.67. The average Bonchev–Trinajstić information content (AvgIpc) is 2.30. The minimum atomic E-state index is 0.520. The molecule has 0 saturated heterocycles. The highest BCUT2D eigenvalue weighted by Crippen LogP contribution is 2.02. The minimum Gasteiger partial charge on any atom is -0.313 e. The molecule has 1 aromatic rings. The normalized spacial score (nSPS) is 12.3. The summed E-state index contributed by atoms with van der Waals surface area (Å²) in [5.74, 6) is 2.19. The Morgan fingerprint density at radius 1 is 1.50 bits per heavy atom. The summed E-state index contributed by atoms with van der Waals surface area (Å²) in [5.41, 5.74) is 1.34. The van der Waals surface area contributed by atoms with Crippen molar-refractivity contribution < 1.29 is 0 Å². The Morgan fingerprint density at radius 3 is 2.94 bits per heavy atom. The van der Waals surface area contributed by atoms with Gasteiger partial charge in [0.2, 0.25) is 0 Å². The second-order valence-corrected chi connectivity index (χ2v) is 4.93. The van der Waals surface area contributed by atoms with Gasteiger partial charge < -0.3 is 5.32 Å². The summed E-state index contributed by atoms with van der Waals surface area (Å²) in [5, 5.41) is 3.51. The van der Waals surface area contributed by atoms with Crippen LogP contribution in [0.4, 0.5) is 0 Å². The predicted molar refractivity (Wildman–Crippen MR) is 72.9 cm³/mol. The minimum absolute atomic E-state index is 0.520. The average molecular weight is 236 g/mol. The van der Waals surface area contributed by atoms with Crippen LogP contribution >= 0.6 is 11.8 Å². The summed E-state index contributed by atoms with van der Waals surface area (Å²) in [6.07, 6.45) is 6.71. The summed E-state index contributed by atoms with van der Waals surface area (Å²) >= 11 is 1.91. The van der Waals surface area contributed by atoms with E-state index in [9.17, 15) is 0 Å². The van der Waals surface area contributed by atoms with Crippen LogP contribution in [0.5, 0.6) is 0 Å². The van der Waals surface area contributed by atoms with Crippen molar-refractivity contribution in [1.29, 1.82) is 0 Å². The van der Waals surface area contributed by atoms with Crippen LogP contribution in [0.2, 0.25) is 0 Å². The Hall–Kier alpha value is -0.800. The Balaban J connectivity index is 2.11. The largest absolute Gasteiger partial charge is 0.313 e. The smallest absolute Gasteiger partial charge is 0.0270 e. The molecule has 0 aliphatic carbocycles. The molecule has 1 unspecified atom stereocenters. The number of rotatable bonds is 8. The fourth-order valence-corrected chi connectivity index (χ4v) is 2.08. The summed E-state index contributed by atoms with van der Waals surface area (Å²) in [7, 11) is 0.